The van der Waals surface area contributed by atoms with E-state index in [1.165, 1.54) is 16.7 Å². The summed E-state index contributed by atoms with van der Waals surface area (Å²) in [5.41, 5.74) is 7.83. The first-order valence-electron chi connectivity index (χ1n) is 9.90. The molecular weight excluding hydrogens is 364 g/mol. The summed E-state index contributed by atoms with van der Waals surface area (Å²) in [7, 11) is 1.70. The van der Waals surface area contributed by atoms with Crippen LogP contribution in [0.4, 0.5) is 5.69 Å². The molecule has 2 N–H and O–H groups in total. The second kappa shape index (κ2) is 8.25. The predicted octanol–water partition coefficient (Wildman–Crippen LogP) is 3.63. The van der Waals surface area contributed by atoms with Crippen LogP contribution < -0.4 is 5.32 Å². The normalized spacial score (nSPS) is 12.2. The van der Waals surface area contributed by atoms with Crippen molar-refractivity contribution in [2.75, 3.05) is 18.9 Å². The number of anilines is 1. The summed E-state index contributed by atoms with van der Waals surface area (Å²) in [6.07, 6.45) is 1.25. The van der Waals surface area contributed by atoms with Crippen molar-refractivity contribution < 1.29 is 9.90 Å². The second-order valence-corrected chi connectivity index (χ2v) is 7.88. The Morgan fingerprint density at radius 3 is 2.52 bits per heavy atom. The number of carbonyl (C=O) groups is 1. The van der Waals surface area contributed by atoms with Crippen molar-refractivity contribution >= 4 is 17.2 Å². The number of nitrogens with one attached hydrogen (secondary N) is 1. The third-order valence-corrected chi connectivity index (χ3v) is 5.43. The van der Waals surface area contributed by atoms with E-state index < -0.39 is 6.10 Å². The number of hydrogen-bond donors (Lipinski definition) is 2. The van der Waals surface area contributed by atoms with E-state index in [0.717, 1.165) is 22.7 Å². The van der Waals surface area contributed by atoms with Crippen molar-refractivity contribution in [2.24, 2.45) is 0 Å². The monoisotopic (exact) mass is 394 g/mol. The summed E-state index contributed by atoms with van der Waals surface area (Å²) in [6.45, 7) is 10.8. The minimum absolute atomic E-state index is 0.131. The molecule has 0 fully saturated rings. The van der Waals surface area contributed by atoms with Gasteiger partial charge in [-0.2, -0.15) is 0 Å². The van der Waals surface area contributed by atoms with Crippen molar-refractivity contribution in [1.82, 2.24) is 14.3 Å². The molecule has 154 valence electrons. The molecule has 0 unspecified atom stereocenters. The van der Waals surface area contributed by atoms with Gasteiger partial charge >= 0.3 is 0 Å². The van der Waals surface area contributed by atoms with E-state index in [0.29, 0.717) is 12.1 Å². The number of benzene rings is 1. The minimum atomic E-state index is -0.577. The number of hydrogen-bond acceptors (Lipinski definition) is 4. The van der Waals surface area contributed by atoms with Gasteiger partial charge in [0.15, 0.2) is 5.65 Å². The van der Waals surface area contributed by atoms with Crippen molar-refractivity contribution in [3.05, 3.63) is 64.1 Å². The highest BCUT2D eigenvalue weighted by Crippen LogP contribution is 2.24. The number of nitrogens with zero attached hydrogens (tertiary/aromatic N) is 3. The van der Waals surface area contributed by atoms with Gasteiger partial charge in [-0.25, -0.2) is 4.98 Å². The highest BCUT2D eigenvalue weighted by Gasteiger charge is 2.18. The highest BCUT2D eigenvalue weighted by molar-refractivity contribution is 5.96. The maximum Gasteiger partial charge on any atom is 0.255 e. The Morgan fingerprint density at radius 2 is 1.90 bits per heavy atom. The standard InChI is InChI=1S/C23H30N4O2/c1-14-8-7-9-15(2)20(14)11-24-21-10-19(23(29)26(6)12-16(3)28)13-27-18(5)17(4)25-22(21)27/h7-10,13,16,24,28H,11-12H2,1-6H3/t16-/m1/s1. The Morgan fingerprint density at radius 1 is 1.24 bits per heavy atom. The van der Waals surface area contributed by atoms with Gasteiger partial charge in [0.25, 0.3) is 5.91 Å². The SMILES string of the molecule is Cc1cccc(C)c1CNc1cc(C(=O)N(C)C[C@@H](C)O)cn2c(C)c(C)nc12. The second-order valence-electron chi connectivity index (χ2n) is 7.88. The van der Waals surface area contributed by atoms with Gasteiger partial charge < -0.3 is 19.7 Å². The molecule has 0 spiro atoms. The number of rotatable bonds is 6. The molecule has 6 heteroatoms. The Labute approximate surface area is 172 Å². The number of carbonyl (C=O) groups excluding carboxylic acids is 1. The Hall–Kier alpha value is -2.86. The van der Waals surface area contributed by atoms with E-state index in [-0.39, 0.29) is 12.5 Å². The van der Waals surface area contributed by atoms with E-state index in [9.17, 15) is 9.90 Å². The maximum absolute atomic E-state index is 12.9. The van der Waals surface area contributed by atoms with Crippen molar-refractivity contribution in [3.8, 4) is 0 Å². The topological polar surface area (TPSA) is 69.9 Å². The fourth-order valence-electron chi connectivity index (χ4n) is 3.63. The molecule has 0 bridgehead atoms. The van der Waals surface area contributed by atoms with Gasteiger partial charge in [0.2, 0.25) is 0 Å². The van der Waals surface area contributed by atoms with E-state index >= 15 is 0 Å². The quantitative estimate of drug-likeness (QED) is 0.670. The van der Waals surface area contributed by atoms with E-state index in [1.54, 1.807) is 18.9 Å². The summed E-state index contributed by atoms with van der Waals surface area (Å²) in [6, 6.07) is 8.13. The van der Waals surface area contributed by atoms with Crippen LogP contribution in [0.15, 0.2) is 30.5 Å². The van der Waals surface area contributed by atoms with E-state index in [1.807, 2.05) is 30.5 Å². The number of likely N-dealkylation sites (N-methyl/N-ethyl adjacent to an activating group) is 1. The van der Waals surface area contributed by atoms with Crippen molar-refractivity contribution in [2.45, 2.75) is 47.3 Å². The van der Waals surface area contributed by atoms with Gasteiger partial charge in [0, 0.05) is 32.0 Å². The van der Waals surface area contributed by atoms with Crippen LogP contribution in [0.25, 0.3) is 5.65 Å². The number of amides is 1. The lowest BCUT2D eigenvalue weighted by Gasteiger charge is -2.20. The van der Waals surface area contributed by atoms with Crippen LogP contribution in [0.3, 0.4) is 0 Å². The summed E-state index contributed by atoms with van der Waals surface area (Å²) in [5.74, 6) is -0.131. The lowest BCUT2D eigenvalue weighted by atomic mass is 10.0. The first kappa shape index (κ1) is 20.9. The number of aliphatic hydroxyl groups excluding tert-OH is 1. The fraction of sp³-hybridized carbons (Fsp3) is 0.391. The highest BCUT2D eigenvalue weighted by atomic mass is 16.3. The van der Waals surface area contributed by atoms with Crippen molar-refractivity contribution in [3.63, 3.8) is 0 Å². The van der Waals surface area contributed by atoms with E-state index in [2.05, 4.69) is 37.4 Å². The zero-order valence-corrected chi connectivity index (χ0v) is 18.1. The molecule has 1 amide bonds. The summed E-state index contributed by atoms with van der Waals surface area (Å²) in [4.78, 5) is 19.2. The average Bonchev–Trinajstić information content (AvgIpc) is 2.94. The molecule has 2 aromatic heterocycles. The van der Waals surface area contributed by atoms with Gasteiger partial charge in [-0.05, 0) is 57.4 Å². The first-order chi connectivity index (χ1) is 13.7. The third kappa shape index (κ3) is 4.27. The van der Waals surface area contributed by atoms with Crippen LogP contribution >= 0.6 is 0 Å². The molecule has 0 aliphatic heterocycles. The molecule has 0 saturated carbocycles. The third-order valence-electron chi connectivity index (χ3n) is 5.43. The molecule has 1 atom stereocenters. The van der Waals surface area contributed by atoms with Gasteiger partial charge in [-0.1, -0.05) is 18.2 Å². The predicted molar refractivity (Wildman–Crippen MR) is 117 cm³/mol. The summed E-state index contributed by atoms with van der Waals surface area (Å²) in [5, 5.41) is 13.1. The van der Waals surface area contributed by atoms with Crippen LogP contribution in [-0.2, 0) is 6.54 Å². The molecule has 2 heterocycles. The van der Waals surface area contributed by atoms with E-state index in [4.69, 9.17) is 4.98 Å². The molecule has 0 radical (unpaired) electrons. The molecular formula is C23H30N4O2. The molecule has 3 rings (SSSR count). The Balaban J connectivity index is 2.01. The number of fused-ring (bicyclic) bond motifs is 1. The molecule has 6 nitrogen and oxygen atoms in total. The number of pyridine rings is 1. The molecule has 29 heavy (non-hydrogen) atoms. The van der Waals surface area contributed by atoms with Crippen LogP contribution in [0.1, 0.15) is 45.4 Å². The molecule has 0 aliphatic carbocycles. The first-order valence-corrected chi connectivity index (χ1v) is 9.90. The molecule has 1 aromatic carbocycles. The molecule has 0 saturated heterocycles. The summed E-state index contributed by atoms with van der Waals surface area (Å²) >= 11 is 0. The molecule has 3 aromatic rings. The minimum Gasteiger partial charge on any atom is -0.392 e. The summed E-state index contributed by atoms with van der Waals surface area (Å²) < 4.78 is 1.96. The van der Waals surface area contributed by atoms with Crippen molar-refractivity contribution in [1.29, 1.82) is 0 Å². The molecule has 0 aliphatic rings. The van der Waals surface area contributed by atoms with Gasteiger partial charge in [-0.15, -0.1) is 0 Å². The number of imidazole rings is 1. The maximum atomic E-state index is 12.9. The largest absolute Gasteiger partial charge is 0.392 e. The zero-order chi connectivity index (χ0) is 21.3. The lowest BCUT2D eigenvalue weighted by Crippen LogP contribution is -2.33. The Kier molecular flexibility index (Phi) is 5.94. The number of aliphatic hydroxyl groups is 1. The zero-order valence-electron chi connectivity index (χ0n) is 18.1. The smallest absolute Gasteiger partial charge is 0.255 e. The Bertz CT molecular complexity index is 1030. The number of aromatic nitrogens is 2. The fourth-order valence-corrected chi connectivity index (χ4v) is 3.63. The van der Waals surface area contributed by atoms with Gasteiger partial charge in [0.1, 0.15) is 0 Å². The number of aryl methyl sites for hydroxylation is 4. The van der Waals surface area contributed by atoms with Gasteiger partial charge in [0.05, 0.1) is 23.0 Å². The lowest BCUT2D eigenvalue weighted by molar-refractivity contribution is 0.0703. The van der Waals surface area contributed by atoms with Gasteiger partial charge in [-0.3, -0.25) is 4.79 Å². The van der Waals surface area contributed by atoms with Crippen LogP contribution in [0.2, 0.25) is 0 Å². The average molecular weight is 395 g/mol. The van der Waals surface area contributed by atoms with Crippen LogP contribution in [-0.4, -0.2) is 45.0 Å². The van der Waals surface area contributed by atoms with Crippen LogP contribution in [0.5, 0.6) is 0 Å². The van der Waals surface area contributed by atoms with Crippen LogP contribution in [0, 0.1) is 27.7 Å².